The fourth-order valence-electron chi connectivity index (χ4n) is 2.91. The first-order chi connectivity index (χ1) is 10.1. The summed E-state index contributed by atoms with van der Waals surface area (Å²) >= 11 is 0. The van der Waals surface area contributed by atoms with E-state index in [9.17, 15) is 5.11 Å². The van der Waals surface area contributed by atoms with E-state index < -0.39 is 0 Å². The van der Waals surface area contributed by atoms with Gasteiger partial charge in [0.1, 0.15) is 5.75 Å². The summed E-state index contributed by atoms with van der Waals surface area (Å²) in [5.41, 5.74) is 2.24. The van der Waals surface area contributed by atoms with Gasteiger partial charge in [0.05, 0.1) is 11.7 Å². The molecular weight excluding hydrogens is 264 g/mol. The normalized spacial score (nSPS) is 19.5. The van der Waals surface area contributed by atoms with Gasteiger partial charge in [-0.2, -0.15) is 0 Å². The van der Waals surface area contributed by atoms with Crippen molar-refractivity contribution in [3.05, 3.63) is 47.3 Å². The summed E-state index contributed by atoms with van der Waals surface area (Å²) in [4.78, 5) is 2.43. The van der Waals surface area contributed by atoms with E-state index >= 15 is 0 Å². The number of phenols is 1. The first-order valence-electron chi connectivity index (χ1n) is 7.62. The molecule has 3 rings (SSSR count). The van der Waals surface area contributed by atoms with E-state index in [0.717, 1.165) is 31.0 Å². The summed E-state index contributed by atoms with van der Waals surface area (Å²) in [6.45, 7) is 6.21. The maximum atomic E-state index is 9.37. The number of aromatic hydroxyl groups is 1. The second-order valence-electron chi connectivity index (χ2n) is 6.10. The van der Waals surface area contributed by atoms with Crippen LogP contribution in [0.15, 0.2) is 34.9 Å². The number of nitrogens with zero attached hydrogens (tertiary/aromatic N) is 2. The van der Waals surface area contributed by atoms with Crippen molar-refractivity contribution >= 4 is 0 Å². The average Bonchev–Trinajstić information content (AvgIpc) is 3.09. The Kier molecular flexibility index (Phi) is 3.97. The van der Waals surface area contributed by atoms with E-state index in [0.29, 0.717) is 17.7 Å². The van der Waals surface area contributed by atoms with Gasteiger partial charge in [-0.25, -0.2) is 0 Å². The second kappa shape index (κ2) is 5.90. The van der Waals surface area contributed by atoms with Gasteiger partial charge in [0.15, 0.2) is 5.76 Å². The molecule has 0 spiro atoms. The van der Waals surface area contributed by atoms with Gasteiger partial charge in [0.2, 0.25) is 0 Å². The Morgan fingerprint density at radius 1 is 1.33 bits per heavy atom. The summed E-state index contributed by atoms with van der Waals surface area (Å²) in [5.74, 6) is 1.69. The summed E-state index contributed by atoms with van der Waals surface area (Å²) < 4.78 is 5.57. The molecule has 2 heterocycles. The van der Waals surface area contributed by atoms with Crippen molar-refractivity contribution in [1.29, 1.82) is 0 Å². The van der Waals surface area contributed by atoms with Crippen LogP contribution >= 0.6 is 0 Å². The number of hydrogen-bond acceptors (Lipinski definition) is 4. The zero-order chi connectivity index (χ0) is 14.8. The van der Waals surface area contributed by atoms with Gasteiger partial charge in [0, 0.05) is 12.6 Å². The van der Waals surface area contributed by atoms with Crippen LogP contribution < -0.4 is 0 Å². The lowest BCUT2D eigenvalue weighted by molar-refractivity contribution is 0.206. The van der Waals surface area contributed by atoms with Crippen LogP contribution in [0.4, 0.5) is 0 Å². The Morgan fingerprint density at radius 3 is 2.76 bits per heavy atom. The quantitative estimate of drug-likeness (QED) is 0.927. The highest BCUT2D eigenvalue weighted by molar-refractivity contribution is 5.26. The van der Waals surface area contributed by atoms with Gasteiger partial charge in [-0.15, -0.1) is 0 Å². The molecule has 0 amide bonds. The predicted octanol–water partition coefficient (Wildman–Crippen LogP) is 3.84. The Morgan fingerprint density at radius 2 is 2.10 bits per heavy atom. The standard InChI is InChI=1S/C17H22N2O2/c1-12(2)15-10-17(21-18-15)16-4-3-9-19(16)11-13-5-7-14(20)8-6-13/h5-8,10,12,16,20H,3-4,9,11H2,1-2H3/t16-/m1/s1. The Balaban J connectivity index is 1.74. The van der Waals surface area contributed by atoms with Crippen molar-refractivity contribution in [2.75, 3.05) is 6.54 Å². The number of hydrogen-bond donors (Lipinski definition) is 1. The van der Waals surface area contributed by atoms with E-state index in [1.165, 1.54) is 12.0 Å². The van der Waals surface area contributed by atoms with Gasteiger partial charge in [-0.05, 0) is 43.0 Å². The van der Waals surface area contributed by atoms with Crippen molar-refractivity contribution in [2.45, 2.75) is 45.2 Å². The minimum absolute atomic E-state index is 0.313. The average molecular weight is 286 g/mol. The summed E-state index contributed by atoms with van der Waals surface area (Å²) in [7, 11) is 0. The zero-order valence-corrected chi connectivity index (χ0v) is 12.6. The minimum Gasteiger partial charge on any atom is -0.508 e. The van der Waals surface area contributed by atoms with Crippen molar-refractivity contribution in [1.82, 2.24) is 10.1 Å². The highest BCUT2D eigenvalue weighted by Gasteiger charge is 2.29. The molecule has 2 aromatic rings. The van der Waals surface area contributed by atoms with E-state index in [1.54, 1.807) is 12.1 Å². The third-order valence-electron chi connectivity index (χ3n) is 4.15. The van der Waals surface area contributed by atoms with E-state index in [2.05, 4.69) is 30.0 Å². The van der Waals surface area contributed by atoms with Crippen LogP contribution in [0.5, 0.6) is 5.75 Å². The van der Waals surface area contributed by atoms with Gasteiger partial charge in [-0.1, -0.05) is 31.1 Å². The predicted molar refractivity (Wildman–Crippen MR) is 81.1 cm³/mol. The van der Waals surface area contributed by atoms with Crippen molar-refractivity contribution in [3.8, 4) is 5.75 Å². The maximum Gasteiger partial charge on any atom is 0.154 e. The highest BCUT2D eigenvalue weighted by Crippen LogP contribution is 2.34. The van der Waals surface area contributed by atoms with Crippen molar-refractivity contribution < 1.29 is 9.63 Å². The van der Waals surface area contributed by atoms with Crippen LogP contribution in [0.1, 0.15) is 55.7 Å². The molecule has 0 bridgehead atoms. The van der Waals surface area contributed by atoms with Crippen LogP contribution in [0.25, 0.3) is 0 Å². The second-order valence-corrected chi connectivity index (χ2v) is 6.10. The Labute approximate surface area is 125 Å². The molecule has 4 heteroatoms. The molecule has 0 saturated carbocycles. The lowest BCUT2D eigenvalue weighted by atomic mass is 10.1. The largest absolute Gasteiger partial charge is 0.508 e. The Hall–Kier alpha value is -1.81. The van der Waals surface area contributed by atoms with Crippen LogP contribution in [0.3, 0.4) is 0 Å². The molecule has 1 saturated heterocycles. The fraction of sp³-hybridized carbons (Fsp3) is 0.471. The van der Waals surface area contributed by atoms with Gasteiger partial charge >= 0.3 is 0 Å². The Bertz CT molecular complexity index is 589. The van der Waals surface area contributed by atoms with Crippen molar-refractivity contribution in [3.63, 3.8) is 0 Å². The molecule has 1 aliphatic heterocycles. The topological polar surface area (TPSA) is 49.5 Å². The minimum atomic E-state index is 0.313. The molecule has 1 aromatic heterocycles. The van der Waals surface area contributed by atoms with Gasteiger partial charge in [-0.3, -0.25) is 4.90 Å². The van der Waals surface area contributed by atoms with Gasteiger partial charge < -0.3 is 9.63 Å². The van der Waals surface area contributed by atoms with Gasteiger partial charge in [0.25, 0.3) is 0 Å². The first-order valence-corrected chi connectivity index (χ1v) is 7.62. The number of rotatable bonds is 4. The van der Waals surface area contributed by atoms with Crippen LogP contribution in [-0.2, 0) is 6.54 Å². The summed E-state index contributed by atoms with van der Waals surface area (Å²) in [6, 6.07) is 9.86. The molecule has 0 unspecified atom stereocenters. The fourth-order valence-corrected chi connectivity index (χ4v) is 2.91. The monoisotopic (exact) mass is 286 g/mol. The lowest BCUT2D eigenvalue weighted by Crippen LogP contribution is -2.22. The molecule has 21 heavy (non-hydrogen) atoms. The highest BCUT2D eigenvalue weighted by atomic mass is 16.5. The molecule has 1 N–H and O–H groups in total. The molecule has 112 valence electrons. The third-order valence-corrected chi connectivity index (χ3v) is 4.15. The van der Waals surface area contributed by atoms with Crippen LogP contribution in [-0.4, -0.2) is 21.7 Å². The van der Waals surface area contributed by atoms with E-state index in [1.807, 2.05) is 12.1 Å². The first kappa shape index (κ1) is 14.1. The summed E-state index contributed by atoms with van der Waals surface area (Å²) in [5, 5.41) is 13.5. The van der Waals surface area contributed by atoms with E-state index in [4.69, 9.17) is 4.52 Å². The number of aromatic nitrogens is 1. The zero-order valence-electron chi connectivity index (χ0n) is 12.6. The SMILES string of the molecule is CC(C)c1cc([C@H]2CCCN2Cc2ccc(O)cc2)on1. The summed E-state index contributed by atoms with van der Waals surface area (Å²) in [6.07, 6.45) is 2.30. The number of benzene rings is 1. The molecule has 1 aromatic carbocycles. The lowest BCUT2D eigenvalue weighted by Gasteiger charge is -2.22. The molecule has 1 atom stereocenters. The molecular formula is C17H22N2O2. The number of likely N-dealkylation sites (tertiary alicyclic amines) is 1. The van der Waals surface area contributed by atoms with Crippen molar-refractivity contribution in [2.24, 2.45) is 0 Å². The van der Waals surface area contributed by atoms with E-state index in [-0.39, 0.29) is 0 Å². The molecule has 1 aliphatic rings. The molecule has 4 nitrogen and oxygen atoms in total. The molecule has 1 fully saturated rings. The molecule has 0 radical (unpaired) electrons. The third kappa shape index (κ3) is 3.10. The molecule has 0 aliphatic carbocycles. The number of phenolic OH excluding ortho intramolecular Hbond substituents is 1. The smallest absolute Gasteiger partial charge is 0.154 e. The van der Waals surface area contributed by atoms with Crippen LogP contribution in [0, 0.1) is 0 Å². The van der Waals surface area contributed by atoms with Crippen LogP contribution in [0.2, 0.25) is 0 Å². The maximum absolute atomic E-state index is 9.37.